The Bertz CT molecular complexity index is 1110. The molecular weight excluding hydrogens is 463 g/mol. The molecule has 0 amide bonds. The van der Waals surface area contributed by atoms with Gasteiger partial charge in [-0.05, 0) is 47.7 Å². The zero-order valence-electron chi connectivity index (χ0n) is 18.4. The Morgan fingerprint density at radius 1 is 0.939 bits per heavy atom. The van der Waals surface area contributed by atoms with Gasteiger partial charge in [0.25, 0.3) is 4.33 Å². The Labute approximate surface area is 198 Å². The lowest BCUT2D eigenvalue weighted by molar-refractivity contribution is -0.0812. The van der Waals surface area contributed by atoms with Crippen LogP contribution in [0.25, 0.3) is 0 Å². The molecule has 0 saturated carbocycles. The van der Waals surface area contributed by atoms with Gasteiger partial charge in [0.15, 0.2) is 5.75 Å². The third-order valence-electron chi connectivity index (χ3n) is 5.07. The molecule has 3 rings (SSSR count). The number of hydrogen-bond acceptors (Lipinski definition) is 6. The molecule has 8 heteroatoms. The predicted molar refractivity (Wildman–Crippen MR) is 128 cm³/mol. The van der Waals surface area contributed by atoms with Gasteiger partial charge >= 0.3 is 0 Å². The molecule has 0 radical (unpaired) electrons. The smallest absolute Gasteiger partial charge is 0.297 e. The molecule has 0 aliphatic carbocycles. The second kappa shape index (κ2) is 11.2. The Morgan fingerprint density at radius 3 is 2.06 bits per heavy atom. The van der Waals surface area contributed by atoms with Gasteiger partial charge in [-0.1, -0.05) is 74.5 Å². The molecule has 3 aromatic rings. The molecule has 0 fully saturated rings. The summed E-state index contributed by atoms with van der Waals surface area (Å²) in [6, 6.07) is 22.5. The van der Waals surface area contributed by atoms with Crippen LogP contribution in [0.3, 0.4) is 0 Å². The lowest BCUT2D eigenvalue weighted by Crippen LogP contribution is -2.39. The van der Waals surface area contributed by atoms with Gasteiger partial charge in [-0.2, -0.15) is 0 Å². The molecule has 0 heterocycles. The van der Waals surface area contributed by atoms with Gasteiger partial charge in [-0.15, -0.1) is 4.33 Å². The van der Waals surface area contributed by atoms with Crippen LogP contribution < -0.4 is 4.89 Å². The van der Waals surface area contributed by atoms with Gasteiger partial charge in [0.05, 0.1) is 17.4 Å². The first-order valence-electron chi connectivity index (χ1n) is 10.5. The predicted octanol–water partition coefficient (Wildman–Crippen LogP) is 5.72. The van der Waals surface area contributed by atoms with Crippen LogP contribution in [-0.2, 0) is 20.6 Å². The number of aliphatic hydroxyl groups is 1. The van der Waals surface area contributed by atoms with E-state index in [1.54, 1.807) is 48.5 Å². The van der Waals surface area contributed by atoms with Gasteiger partial charge in [-0.25, -0.2) is 12.8 Å². The summed E-state index contributed by atoms with van der Waals surface area (Å²) in [6.45, 7) is 3.42. The van der Waals surface area contributed by atoms with E-state index in [9.17, 15) is 13.5 Å². The highest BCUT2D eigenvalue weighted by Gasteiger charge is 2.55. The maximum absolute atomic E-state index is 16.6. The van der Waals surface area contributed by atoms with Crippen molar-refractivity contribution in [3.63, 3.8) is 0 Å². The number of hydrogen-bond donors (Lipinski definition) is 1. The fourth-order valence-corrected chi connectivity index (χ4v) is 6.08. The second-order valence-corrected chi connectivity index (χ2v) is 11.2. The van der Waals surface area contributed by atoms with E-state index in [4.69, 9.17) is 9.22 Å². The molecule has 176 valence electrons. The summed E-state index contributed by atoms with van der Waals surface area (Å²) in [5, 5.41) is 10.1. The monoisotopic (exact) mass is 490 g/mol. The van der Waals surface area contributed by atoms with Crippen molar-refractivity contribution < 1.29 is 27.1 Å². The van der Waals surface area contributed by atoms with Crippen LogP contribution in [0.1, 0.15) is 30.9 Å². The molecule has 2 atom stereocenters. The third kappa shape index (κ3) is 5.95. The number of rotatable bonds is 11. The van der Waals surface area contributed by atoms with Crippen LogP contribution in [0.15, 0.2) is 89.8 Å². The van der Waals surface area contributed by atoms with E-state index in [2.05, 4.69) is 13.8 Å². The SMILES string of the molecule is CC(C)Cc1ccc(C(CO)C(F)(SOOc2ccccc2)S(=O)(=O)c2ccccc2)cc1. The molecule has 2 unspecified atom stereocenters. The van der Waals surface area contributed by atoms with E-state index in [1.165, 1.54) is 24.3 Å². The van der Waals surface area contributed by atoms with Gasteiger partial charge in [0, 0.05) is 0 Å². The quantitative estimate of drug-likeness (QED) is 0.211. The zero-order chi connectivity index (χ0) is 23.9. The minimum atomic E-state index is -4.61. The van der Waals surface area contributed by atoms with E-state index in [0.717, 1.165) is 12.0 Å². The van der Waals surface area contributed by atoms with Crippen LogP contribution in [0, 0.1) is 5.92 Å². The van der Waals surface area contributed by atoms with Gasteiger partial charge in [0.2, 0.25) is 9.84 Å². The van der Waals surface area contributed by atoms with Crippen molar-refractivity contribution in [2.45, 2.75) is 35.4 Å². The Balaban J connectivity index is 1.97. The minimum absolute atomic E-state index is 0.0260. The van der Waals surface area contributed by atoms with Crippen molar-refractivity contribution in [3.8, 4) is 5.75 Å². The molecule has 0 aliphatic heterocycles. The summed E-state index contributed by atoms with van der Waals surface area (Å²) >= 11 is 0.0260. The summed E-state index contributed by atoms with van der Waals surface area (Å²) in [6.07, 6.45) is 0.829. The molecule has 33 heavy (non-hydrogen) atoms. The summed E-state index contributed by atoms with van der Waals surface area (Å²) in [4.78, 5) is 4.88. The van der Waals surface area contributed by atoms with Crippen LogP contribution in [0.2, 0.25) is 0 Å². The number of para-hydroxylation sites is 1. The van der Waals surface area contributed by atoms with Crippen LogP contribution in [-0.4, -0.2) is 24.5 Å². The molecule has 0 aliphatic rings. The molecule has 0 bridgehead atoms. The average Bonchev–Trinajstić information content (AvgIpc) is 2.81. The van der Waals surface area contributed by atoms with Crippen molar-refractivity contribution in [1.82, 2.24) is 0 Å². The van der Waals surface area contributed by atoms with E-state index < -0.39 is 26.7 Å². The molecule has 1 N–H and O–H groups in total. The number of alkyl halides is 1. The fourth-order valence-electron chi connectivity index (χ4n) is 3.40. The van der Waals surface area contributed by atoms with E-state index >= 15 is 4.39 Å². The van der Waals surface area contributed by atoms with Crippen molar-refractivity contribution in [2.75, 3.05) is 6.61 Å². The lowest BCUT2D eigenvalue weighted by Gasteiger charge is -2.30. The highest BCUT2D eigenvalue weighted by atomic mass is 32.3. The topological polar surface area (TPSA) is 72.8 Å². The van der Waals surface area contributed by atoms with E-state index in [0.29, 0.717) is 11.5 Å². The van der Waals surface area contributed by atoms with E-state index in [-0.39, 0.29) is 22.7 Å². The first-order chi connectivity index (χ1) is 15.8. The molecular formula is C25H27FO5S2. The maximum Gasteiger partial charge on any atom is 0.297 e. The highest BCUT2D eigenvalue weighted by molar-refractivity contribution is 8.12. The van der Waals surface area contributed by atoms with Gasteiger partial charge in [-0.3, -0.25) is 0 Å². The summed E-state index contributed by atoms with van der Waals surface area (Å²) in [7, 11) is -4.61. The second-order valence-electron chi connectivity index (χ2n) is 8.02. The zero-order valence-corrected chi connectivity index (χ0v) is 20.1. The number of halogens is 1. The lowest BCUT2D eigenvalue weighted by atomic mass is 9.96. The maximum atomic E-state index is 16.6. The third-order valence-corrected chi connectivity index (χ3v) is 8.49. The molecule has 0 aromatic heterocycles. The fraction of sp³-hybridized carbons (Fsp3) is 0.280. The van der Waals surface area contributed by atoms with Crippen LogP contribution in [0.4, 0.5) is 4.39 Å². The van der Waals surface area contributed by atoms with Gasteiger partial charge < -0.3 is 9.99 Å². The van der Waals surface area contributed by atoms with Crippen LogP contribution in [0.5, 0.6) is 5.75 Å². The molecule has 3 aromatic carbocycles. The van der Waals surface area contributed by atoms with Crippen molar-refractivity contribution >= 4 is 21.9 Å². The number of benzene rings is 3. The Kier molecular flexibility index (Phi) is 8.53. The Hall–Kier alpha value is -2.39. The average molecular weight is 491 g/mol. The number of sulfone groups is 1. The van der Waals surface area contributed by atoms with E-state index in [1.807, 2.05) is 12.1 Å². The van der Waals surface area contributed by atoms with Crippen molar-refractivity contribution in [1.29, 1.82) is 0 Å². The molecule has 0 saturated heterocycles. The minimum Gasteiger partial charge on any atom is -0.396 e. The van der Waals surface area contributed by atoms with Crippen molar-refractivity contribution in [3.05, 3.63) is 96.1 Å². The first-order valence-corrected chi connectivity index (χ1v) is 12.8. The normalized spacial score (nSPS) is 14.6. The summed E-state index contributed by atoms with van der Waals surface area (Å²) in [5.41, 5.74) is 1.37. The molecule has 0 spiro atoms. The molecule has 5 nitrogen and oxygen atoms in total. The van der Waals surface area contributed by atoms with Crippen LogP contribution >= 0.6 is 12.0 Å². The Morgan fingerprint density at radius 2 is 1.52 bits per heavy atom. The standard InChI is InChI=1S/C25H27FO5S2/c1-19(2)17-20-13-15-21(16-14-20)24(18-27)25(26,32-31-30-22-9-5-3-6-10-22)33(28,29)23-11-7-4-8-12-23/h3-16,19,24,27H,17-18H2,1-2H3. The first kappa shape index (κ1) is 25.2. The summed E-state index contributed by atoms with van der Waals surface area (Å²) < 4.78 is 45.5. The summed E-state index contributed by atoms with van der Waals surface area (Å²) in [5.74, 6) is -0.717. The highest BCUT2D eigenvalue weighted by Crippen LogP contribution is 2.48. The number of aliphatic hydroxyl groups excluding tert-OH is 1. The van der Waals surface area contributed by atoms with Crippen molar-refractivity contribution in [2.24, 2.45) is 5.92 Å². The largest absolute Gasteiger partial charge is 0.396 e. The van der Waals surface area contributed by atoms with Gasteiger partial charge in [0.1, 0.15) is 12.0 Å².